The van der Waals surface area contributed by atoms with Crippen LogP contribution in [0, 0.1) is 0 Å². The summed E-state index contributed by atoms with van der Waals surface area (Å²) in [5, 5.41) is 1.11. The molecule has 0 radical (unpaired) electrons. The minimum absolute atomic E-state index is 0.909. The van der Waals surface area contributed by atoms with E-state index in [1.807, 2.05) is 30.6 Å². The van der Waals surface area contributed by atoms with E-state index in [0.29, 0.717) is 0 Å². The number of H-pyrrole nitrogens is 1. The molecular formula is C13H9BrN2. The van der Waals surface area contributed by atoms with Gasteiger partial charge >= 0.3 is 0 Å². The van der Waals surface area contributed by atoms with Crippen molar-refractivity contribution in [1.82, 2.24) is 9.97 Å². The Bertz CT molecular complexity index is 629. The Balaban J connectivity index is 2.22. The average molecular weight is 273 g/mol. The Morgan fingerprint density at radius 1 is 1.06 bits per heavy atom. The maximum Gasteiger partial charge on any atom is 0.138 e. The maximum absolute atomic E-state index is 4.39. The molecule has 0 saturated heterocycles. The van der Waals surface area contributed by atoms with Crippen molar-refractivity contribution >= 4 is 27.0 Å². The number of benzene rings is 1. The van der Waals surface area contributed by atoms with Gasteiger partial charge in [0.2, 0.25) is 0 Å². The van der Waals surface area contributed by atoms with Crippen LogP contribution in [0.3, 0.4) is 0 Å². The van der Waals surface area contributed by atoms with E-state index in [-0.39, 0.29) is 0 Å². The van der Waals surface area contributed by atoms with Gasteiger partial charge in [0.25, 0.3) is 0 Å². The highest BCUT2D eigenvalue weighted by Crippen LogP contribution is 2.27. The van der Waals surface area contributed by atoms with E-state index in [4.69, 9.17) is 0 Å². The van der Waals surface area contributed by atoms with Gasteiger partial charge < -0.3 is 4.98 Å². The first-order chi connectivity index (χ1) is 7.84. The van der Waals surface area contributed by atoms with E-state index in [9.17, 15) is 0 Å². The van der Waals surface area contributed by atoms with Gasteiger partial charge in [-0.25, -0.2) is 4.98 Å². The summed E-state index contributed by atoms with van der Waals surface area (Å²) in [6.07, 6.45) is 3.80. The van der Waals surface area contributed by atoms with Crippen molar-refractivity contribution in [1.29, 1.82) is 0 Å². The summed E-state index contributed by atoms with van der Waals surface area (Å²) in [7, 11) is 0. The van der Waals surface area contributed by atoms with Crippen LogP contribution in [0.2, 0.25) is 0 Å². The highest BCUT2D eigenvalue weighted by Gasteiger charge is 2.04. The van der Waals surface area contributed by atoms with Crippen LogP contribution >= 0.6 is 15.9 Å². The van der Waals surface area contributed by atoms with Gasteiger partial charge in [-0.1, -0.05) is 30.3 Å². The number of nitrogens with one attached hydrogen (secondary N) is 1. The molecule has 0 atom stereocenters. The van der Waals surface area contributed by atoms with Gasteiger partial charge in [-0.05, 0) is 27.6 Å². The molecule has 0 unspecified atom stereocenters. The third kappa shape index (κ3) is 1.53. The molecule has 2 heterocycles. The Kier molecular flexibility index (Phi) is 2.26. The van der Waals surface area contributed by atoms with Crippen LogP contribution in [0.25, 0.3) is 22.2 Å². The molecule has 3 heteroatoms. The fourth-order valence-electron chi connectivity index (χ4n) is 1.76. The standard InChI is InChI=1S/C13H9BrN2/c14-12-8-16-13-11(12)6-10(7-15-13)9-4-2-1-3-5-9/h1-8H,(H,15,16). The lowest BCUT2D eigenvalue weighted by atomic mass is 10.1. The lowest BCUT2D eigenvalue weighted by Gasteiger charge is -2.00. The van der Waals surface area contributed by atoms with Crippen LogP contribution in [-0.2, 0) is 0 Å². The molecular weight excluding hydrogens is 264 g/mol. The molecule has 0 aliphatic rings. The van der Waals surface area contributed by atoms with E-state index in [2.05, 4.69) is 44.1 Å². The van der Waals surface area contributed by atoms with Gasteiger partial charge in [0.05, 0.1) is 0 Å². The quantitative estimate of drug-likeness (QED) is 0.713. The minimum Gasteiger partial charge on any atom is -0.345 e. The minimum atomic E-state index is 0.909. The predicted octanol–water partition coefficient (Wildman–Crippen LogP) is 3.99. The fourth-order valence-corrected chi connectivity index (χ4v) is 2.18. The molecule has 1 aromatic carbocycles. The predicted molar refractivity (Wildman–Crippen MR) is 69.2 cm³/mol. The van der Waals surface area contributed by atoms with Gasteiger partial charge in [-0.15, -0.1) is 0 Å². The van der Waals surface area contributed by atoms with Gasteiger partial charge in [0.15, 0.2) is 0 Å². The second-order valence-corrected chi connectivity index (χ2v) is 4.48. The molecule has 78 valence electrons. The summed E-state index contributed by atoms with van der Waals surface area (Å²) in [6, 6.07) is 12.4. The zero-order valence-electron chi connectivity index (χ0n) is 8.44. The molecule has 0 amide bonds. The Hall–Kier alpha value is -1.61. The third-order valence-electron chi connectivity index (χ3n) is 2.59. The zero-order chi connectivity index (χ0) is 11.0. The second kappa shape index (κ2) is 3.76. The highest BCUT2D eigenvalue weighted by molar-refractivity contribution is 9.10. The van der Waals surface area contributed by atoms with E-state index in [0.717, 1.165) is 21.1 Å². The van der Waals surface area contributed by atoms with E-state index < -0.39 is 0 Å². The lowest BCUT2D eigenvalue weighted by molar-refractivity contribution is 1.32. The monoisotopic (exact) mass is 272 g/mol. The summed E-state index contributed by atoms with van der Waals surface area (Å²) in [4.78, 5) is 7.50. The molecule has 1 N–H and O–H groups in total. The third-order valence-corrected chi connectivity index (χ3v) is 3.24. The molecule has 0 fully saturated rings. The first-order valence-electron chi connectivity index (χ1n) is 5.02. The summed E-state index contributed by atoms with van der Waals surface area (Å²) in [5.74, 6) is 0. The number of halogens is 1. The maximum atomic E-state index is 4.39. The van der Waals surface area contributed by atoms with Crippen molar-refractivity contribution in [3.63, 3.8) is 0 Å². The van der Waals surface area contributed by atoms with Crippen LogP contribution in [0.5, 0.6) is 0 Å². The number of hydrogen-bond acceptors (Lipinski definition) is 1. The number of rotatable bonds is 1. The molecule has 3 aromatic rings. The summed E-state index contributed by atoms with van der Waals surface area (Å²) in [5.41, 5.74) is 3.23. The molecule has 0 aliphatic heterocycles. The zero-order valence-corrected chi connectivity index (χ0v) is 10.0. The smallest absolute Gasteiger partial charge is 0.138 e. The number of aromatic nitrogens is 2. The first-order valence-corrected chi connectivity index (χ1v) is 5.82. The average Bonchev–Trinajstić information content (AvgIpc) is 2.72. The molecule has 16 heavy (non-hydrogen) atoms. The molecule has 2 aromatic heterocycles. The molecule has 0 saturated carbocycles. The molecule has 3 rings (SSSR count). The number of pyridine rings is 1. The lowest BCUT2D eigenvalue weighted by Crippen LogP contribution is -1.81. The van der Waals surface area contributed by atoms with Crippen molar-refractivity contribution in [2.24, 2.45) is 0 Å². The summed E-state index contributed by atoms with van der Waals surface area (Å²) in [6.45, 7) is 0. The van der Waals surface area contributed by atoms with Gasteiger partial charge in [0.1, 0.15) is 5.65 Å². The van der Waals surface area contributed by atoms with Crippen molar-refractivity contribution in [3.8, 4) is 11.1 Å². The van der Waals surface area contributed by atoms with E-state index >= 15 is 0 Å². The number of aromatic amines is 1. The van der Waals surface area contributed by atoms with Crippen molar-refractivity contribution in [3.05, 3.63) is 53.3 Å². The molecule has 0 aliphatic carbocycles. The van der Waals surface area contributed by atoms with Gasteiger partial charge in [0, 0.05) is 27.8 Å². The fraction of sp³-hybridized carbons (Fsp3) is 0. The number of fused-ring (bicyclic) bond motifs is 1. The van der Waals surface area contributed by atoms with E-state index in [1.54, 1.807) is 0 Å². The van der Waals surface area contributed by atoms with Crippen LogP contribution in [0.15, 0.2) is 53.3 Å². The van der Waals surface area contributed by atoms with Crippen molar-refractivity contribution in [2.45, 2.75) is 0 Å². The number of nitrogens with zero attached hydrogens (tertiary/aromatic N) is 1. The SMILES string of the molecule is Brc1c[nH]c2ncc(-c3ccccc3)cc12. The topological polar surface area (TPSA) is 28.7 Å². The Labute approximate surface area is 101 Å². The second-order valence-electron chi connectivity index (χ2n) is 3.62. The molecule has 2 nitrogen and oxygen atoms in total. The van der Waals surface area contributed by atoms with Crippen molar-refractivity contribution < 1.29 is 0 Å². The largest absolute Gasteiger partial charge is 0.345 e. The summed E-state index contributed by atoms with van der Waals surface area (Å²) >= 11 is 3.50. The molecule has 0 spiro atoms. The van der Waals surface area contributed by atoms with Gasteiger partial charge in [-0.3, -0.25) is 0 Å². The highest BCUT2D eigenvalue weighted by atomic mass is 79.9. The normalized spacial score (nSPS) is 10.8. The van der Waals surface area contributed by atoms with Crippen molar-refractivity contribution in [2.75, 3.05) is 0 Å². The van der Waals surface area contributed by atoms with Crippen LogP contribution in [-0.4, -0.2) is 9.97 Å². The van der Waals surface area contributed by atoms with Crippen LogP contribution < -0.4 is 0 Å². The van der Waals surface area contributed by atoms with Crippen LogP contribution in [0.1, 0.15) is 0 Å². The number of hydrogen-bond donors (Lipinski definition) is 1. The molecule has 0 bridgehead atoms. The first kappa shape index (κ1) is 9.60. The van der Waals surface area contributed by atoms with E-state index in [1.165, 1.54) is 5.56 Å². The Morgan fingerprint density at radius 2 is 1.88 bits per heavy atom. The van der Waals surface area contributed by atoms with Crippen LogP contribution in [0.4, 0.5) is 0 Å². The Morgan fingerprint density at radius 3 is 2.69 bits per heavy atom. The summed E-state index contributed by atoms with van der Waals surface area (Å²) < 4.78 is 1.05. The van der Waals surface area contributed by atoms with Gasteiger partial charge in [-0.2, -0.15) is 0 Å².